The fourth-order valence-electron chi connectivity index (χ4n) is 3.91. The van der Waals surface area contributed by atoms with Crippen molar-refractivity contribution in [2.75, 3.05) is 0 Å². The van der Waals surface area contributed by atoms with Crippen molar-refractivity contribution in [1.82, 2.24) is 19.7 Å². The molecule has 2 saturated carbocycles. The zero-order valence-electron chi connectivity index (χ0n) is 15.9. The van der Waals surface area contributed by atoms with Crippen LogP contribution in [-0.2, 0) is 13.6 Å². The van der Waals surface area contributed by atoms with Crippen LogP contribution in [0.3, 0.4) is 0 Å². The Bertz CT molecular complexity index is 1020. The van der Waals surface area contributed by atoms with Crippen molar-refractivity contribution in [3.05, 3.63) is 58.9 Å². The maximum atomic E-state index is 13.7. The highest BCUT2D eigenvalue weighted by Gasteiger charge is 2.35. The highest BCUT2D eigenvalue weighted by molar-refractivity contribution is 6.06. The van der Waals surface area contributed by atoms with Gasteiger partial charge in [-0.3, -0.25) is 9.48 Å². The summed E-state index contributed by atoms with van der Waals surface area (Å²) in [4.78, 5) is 20.5. The van der Waals surface area contributed by atoms with Crippen molar-refractivity contribution in [2.24, 2.45) is 7.05 Å². The fraction of sp³-hybridized carbons (Fsp3) is 0.409. The SMILES string of the molecule is Cc1nn(C)c2nc(C3CC3)cc(C(=O)N(Cc3ccccc3)C3CC3)c12. The van der Waals surface area contributed by atoms with Gasteiger partial charge in [0, 0.05) is 31.2 Å². The van der Waals surface area contributed by atoms with Gasteiger partial charge in [0.05, 0.1) is 16.6 Å². The summed E-state index contributed by atoms with van der Waals surface area (Å²) in [7, 11) is 1.91. The van der Waals surface area contributed by atoms with Gasteiger partial charge in [-0.05, 0) is 44.2 Å². The van der Waals surface area contributed by atoms with Crippen molar-refractivity contribution in [3.63, 3.8) is 0 Å². The average Bonchev–Trinajstić information content (AvgIpc) is 3.58. The minimum absolute atomic E-state index is 0.117. The molecule has 138 valence electrons. The summed E-state index contributed by atoms with van der Waals surface area (Å²) >= 11 is 0. The van der Waals surface area contributed by atoms with E-state index < -0.39 is 0 Å². The van der Waals surface area contributed by atoms with Crippen molar-refractivity contribution < 1.29 is 4.79 Å². The smallest absolute Gasteiger partial charge is 0.255 e. The first-order valence-electron chi connectivity index (χ1n) is 9.81. The predicted molar refractivity (Wildman–Crippen MR) is 105 cm³/mol. The largest absolute Gasteiger partial charge is 0.331 e. The molecule has 0 N–H and O–H groups in total. The van der Waals surface area contributed by atoms with E-state index in [2.05, 4.69) is 17.2 Å². The second kappa shape index (κ2) is 6.19. The topological polar surface area (TPSA) is 51.0 Å². The number of hydrogen-bond donors (Lipinski definition) is 0. The molecule has 5 nitrogen and oxygen atoms in total. The first kappa shape index (κ1) is 16.5. The predicted octanol–water partition coefficient (Wildman–Crippen LogP) is 3.96. The first-order chi connectivity index (χ1) is 13.1. The molecule has 0 atom stereocenters. The van der Waals surface area contributed by atoms with Crippen molar-refractivity contribution in [3.8, 4) is 0 Å². The van der Waals surface area contributed by atoms with Crippen LogP contribution in [0.1, 0.15) is 58.9 Å². The fourth-order valence-corrected chi connectivity index (χ4v) is 3.91. The summed E-state index contributed by atoms with van der Waals surface area (Å²) in [5.41, 5.74) is 4.70. The minimum atomic E-state index is 0.117. The molecule has 3 aromatic rings. The summed E-state index contributed by atoms with van der Waals surface area (Å²) in [6.45, 7) is 2.63. The van der Waals surface area contributed by atoms with Gasteiger partial charge in [0.25, 0.3) is 5.91 Å². The lowest BCUT2D eigenvalue weighted by molar-refractivity contribution is 0.0731. The molecule has 2 fully saturated rings. The van der Waals surface area contributed by atoms with Crippen molar-refractivity contribution in [1.29, 1.82) is 0 Å². The third-order valence-corrected chi connectivity index (χ3v) is 5.66. The summed E-state index contributed by atoms with van der Waals surface area (Å²) in [5, 5.41) is 5.45. The van der Waals surface area contributed by atoms with Gasteiger partial charge in [-0.25, -0.2) is 4.98 Å². The number of aromatic nitrogens is 3. The van der Waals surface area contributed by atoms with E-state index in [9.17, 15) is 4.79 Å². The van der Waals surface area contributed by atoms with E-state index in [1.54, 1.807) is 0 Å². The number of fused-ring (bicyclic) bond motifs is 1. The standard InChI is InChI=1S/C22H24N4O/c1-14-20-18(12-19(16-8-9-16)23-21(20)25(2)24-14)22(27)26(17-10-11-17)13-15-6-4-3-5-7-15/h3-7,12,16-17H,8-11,13H2,1-2H3. The Morgan fingerprint density at radius 2 is 1.93 bits per heavy atom. The number of pyridine rings is 1. The van der Waals surface area contributed by atoms with Crippen LogP contribution in [0, 0.1) is 6.92 Å². The number of nitrogens with zero attached hydrogens (tertiary/aromatic N) is 4. The van der Waals surface area contributed by atoms with Gasteiger partial charge in [-0.15, -0.1) is 0 Å². The number of carbonyl (C=O) groups is 1. The van der Waals surface area contributed by atoms with Crippen LogP contribution in [-0.4, -0.2) is 31.6 Å². The molecule has 2 aliphatic carbocycles. The van der Waals surface area contributed by atoms with Crippen LogP contribution in [0.4, 0.5) is 0 Å². The third kappa shape index (κ3) is 3.01. The Balaban J connectivity index is 1.59. The van der Waals surface area contributed by atoms with Crippen LogP contribution < -0.4 is 0 Å². The lowest BCUT2D eigenvalue weighted by atomic mass is 10.1. The molecule has 2 heterocycles. The first-order valence-corrected chi connectivity index (χ1v) is 9.81. The highest BCUT2D eigenvalue weighted by Crippen LogP contribution is 2.41. The Labute approximate surface area is 159 Å². The van der Waals surface area contributed by atoms with E-state index in [4.69, 9.17) is 4.98 Å². The molecule has 5 rings (SSSR count). The monoisotopic (exact) mass is 360 g/mol. The molecule has 1 amide bonds. The molecule has 2 aliphatic rings. The second-order valence-corrected chi connectivity index (χ2v) is 7.93. The molecule has 0 saturated heterocycles. The molecular formula is C22H24N4O. The lowest BCUT2D eigenvalue weighted by Crippen LogP contribution is -2.33. The Kier molecular flexibility index (Phi) is 3.78. The van der Waals surface area contributed by atoms with Crippen LogP contribution >= 0.6 is 0 Å². The molecule has 27 heavy (non-hydrogen) atoms. The van der Waals surface area contributed by atoms with E-state index in [1.165, 1.54) is 18.4 Å². The van der Waals surface area contributed by atoms with Gasteiger partial charge in [0.15, 0.2) is 5.65 Å². The molecule has 0 spiro atoms. The number of amides is 1. The zero-order valence-corrected chi connectivity index (χ0v) is 15.9. The molecule has 5 heteroatoms. The molecule has 2 aromatic heterocycles. The Morgan fingerprint density at radius 3 is 2.59 bits per heavy atom. The van der Waals surface area contributed by atoms with E-state index in [0.29, 0.717) is 18.5 Å². The molecular weight excluding hydrogens is 336 g/mol. The normalized spacial score (nSPS) is 16.7. The average molecular weight is 360 g/mol. The van der Waals surface area contributed by atoms with Gasteiger partial charge in [0.1, 0.15) is 0 Å². The minimum Gasteiger partial charge on any atom is -0.331 e. The molecule has 0 bridgehead atoms. The molecule has 0 aliphatic heterocycles. The van der Waals surface area contributed by atoms with Crippen LogP contribution in [0.15, 0.2) is 36.4 Å². The zero-order chi connectivity index (χ0) is 18.5. The van der Waals surface area contributed by atoms with Gasteiger partial charge < -0.3 is 4.90 Å². The maximum absolute atomic E-state index is 13.7. The molecule has 0 radical (unpaired) electrons. The second-order valence-electron chi connectivity index (χ2n) is 7.93. The van der Waals surface area contributed by atoms with Gasteiger partial charge in [-0.2, -0.15) is 5.10 Å². The van der Waals surface area contributed by atoms with Gasteiger partial charge in [-0.1, -0.05) is 30.3 Å². The van der Waals surface area contributed by atoms with E-state index in [-0.39, 0.29) is 5.91 Å². The highest BCUT2D eigenvalue weighted by atomic mass is 16.2. The Morgan fingerprint density at radius 1 is 1.19 bits per heavy atom. The number of aryl methyl sites for hydroxylation is 2. The summed E-state index contributed by atoms with van der Waals surface area (Å²) in [6, 6.07) is 12.7. The summed E-state index contributed by atoms with van der Waals surface area (Å²) < 4.78 is 1.81. The lowest BCUT2D eigenvalue weighted by Gasteiger charge is -2.23. The van der Waals surface area contributed by atoms with E-state index >= 15 is 0 Å². The molecule has 0 unspecified atom stereocenters. The number of hydrogen-bond acceptors (Lipinski definition) is 3. The number of carbonyl (C=O) groups excluding carboxylic acids is 1. The van der Waals surface area contributed by atoms with E-state index in [0.717, 1.165) is 40.8 Å². The van der Waals surface area contributed by atoms with Crippen LogP contribution in [0.2, 0.25) is 0 Å². The molecule has 1 aromatic carbocycles. The quantitative estimate of drug-likeness (QED) is 0.692. The van der Waals surface area contributed by atoms with Gasteiger partial charge >= 0.3 is 0 Å². The number of rotatable bonds is 5. The van der Waals surface area contributed by atoms with Crippen LogP contribution in [0.25, 0.3) is 11.0 Å². The van der Waals surface area contributed by atoms with Crippen molar-refractivity contribution >= 4 is 16.9 Å². The van der Waals surface area contributed by atoms with Crippen LogP contribution in [0.5, 0.6) is 0 Å². The van der Waals surface area contributed by atoms with Crippen molar-refractivity contribution in [2.45, 2.75) is 51.1 Å². The maximum Gasteiger partial charge on any atom is 0.255 e. The van der Waals surface area contributed by atoms with E-state index in [1.807, 2.05) is 47.8 Å². The van der Waals surface area contributed by atoms with Gasteiger partial charge in [0.2, 0.25) is 0 Å². The third-order valence-electron chi connectivity index (χ3n) is 5.66. The Hall–Kier alpha value is -2.69. The summed E-state index contributed by atoms with van der Waals surface area (Å²) in [5.74, 6) is 0.617. The number of benzene rings is 1. The summed E-state index contributed by atoms with van der Waals surface area (Å²) in [6.07, 6.45) is 4.52.